The lowest BCUT2D eigenvalue weighted by Crippen LogP contribution is -2.03. The molecule has 0 aliphatic carbocycles. The molecule has 3 aromatic heterocycles. The van der Waals surface area contributed by atoms with Crippen LogP contribution < -0.4 is 0 Å². The number of aromatic nitrogens is 5. The molecule has 3 heterocycles. The molecule has 0 aliphatic heterocycles. The van der Waals surface area contributed by atoms with E-state index in [1.807, 2.05) is 38.4 Å². The van der Waals surface area contributed by atoms with Gasteiger partial charge in [-0.3, -0.25) is 14.0 Å². The monoisotopic (exact) mass is 303 g/mol. The summed E-state index contributed by atoms with van der Waals surface area (Å²) < 4.78 is 3.47. The van der Waals surface area contributed by atoms with Gasteiger partial charge in [-0.05, 0) is 19.1 Å². The number of imidazole rings is 1. The number of carboxylic acids is 1. The van der Waals surface area contributed by atoms with Crippen molar-refractivity contribution >= 4 is 28.9 Å². The summed E-state index contributed by atoms with van der Waals surface area (Å²) in [5.74, 6) is -0.274. The minimum absolute atomic E-state index is 0.0604. The lowest BCUT2D eigenvalue weighted by molar-refractivity contribution is -0.133. The number of nitrogens with zero attached hydrogens (tertiary/aromatic N) is 5. The number of aliphatic carboxylic acids is 1. The van der Waals surface area contributed by atoms with E-state index in [2.05, 4.69) is 15.1 Å². The highest BCUT2D eigenvalue weighted by atomic mass is 32.2. The SMILES string of the molecule is Cc1ccc2nc(SCC(=O)O)n(-c3ccn(C)n3)c2n1. The van der Waals surface area contributed by atoms with E-state index < -0.39 is 5.97 Å². The molecule has 0 saturated carbocycles. The van der Waals surface area contributed by atoms with Crippen LogP contribution in [-0.4, -0.2) is 41.1 Å². The summed E-state index contributed by atoms with van der Waals surface area (Å²) in [5, 5.41) is 13.8. The van der Waals surface area contributed by atoms with Crippen LogP contribution in [0.25, 0.3) is 17.0 Å². The zero-order valence-corrected chi connectivity index (χ0v) is 12.3. The molecule has 0 amide bonds. The van der Waals surface area contributed by atoms with E-state index in [4.69, 9.17) is 5.11 Å². The highest BCUT2D eigenvalue weighted by Crippen LogP contribution is 2.26. The predicted molar refractivity (Wildman–Crippen MR) is 78.7 cm³/mol. The van der Waals surface area contributed by atoms with Crippen molar-refractivity contribution in [1.82, 2.24) is 24.3 Å². The Labute approximate surface area is 124 Å². The van der Waals surface area contributed by atoms with Crippen LogP contribution in [0.5, 0.6) is 0 Å². The van der Waals surface area contributed by atoms with Gasteiger partial charge in [0.2, 0.25) is 0 Å². The van der Waals surface area contributed by atoms with Crippen LogP contribution in [0.3, 0.4) is 0 Å². The zero-order chi connectivity index (χ0) is 15.0. The van der Waals surface area contributed by atoms with Crippen molar-refractivity contribution in [3.8, 4) is 5.82 Å². The smallest absolute Gasteiger partial charge is 0.313 e. The first-order valence-electron chi connectivity index (χ1n) is 6.25. The van der Waals surface area contributed by atoms with Gasteiger partial charge in [0, 0.05) is 25.0 Å². The molecule has 0 saturated heterocycles. The van der Waals surface area contributed by atoms with Gasteiger partial charge < -0.3 is 5.11 Å². The zero-order valence-electron chi connectivity index (χ0n) is 11.5. The average molecular weight is 303 g/mol. The van der Waals surface area contributed by atoms with E-state index in [1.165, 1.54) is 0 Å². The number of carbonyl (C=O) groups is 1. The van der Waals surface area contributed by atoms with E-state index in [0.717, 1.165) is 23.0 Å². The summed E-state index contributed by atoms with van der Waals surface area (Å²) in [5.41, 5.74) is 2.27. The first-order chi connectivity index (χ1) is 10.0. The second-order valence-electron chi connectivity index (χ2n) is 4.56. The van der Waals surface area contributed by atoms with E-state index >= 15 is 0 Å². The molecule has 0 atom stereocenters. The van der Waals surface area contributed by atoms with Crippen LogP contribution in [0.2, 0.25) is 0 Å². The van der Waals surface area contributed by atoms with E-state index in [1.54, 1.807) is 9.25 Å². The third-order valence-corrected chi connectivity index (χ3v) is 3.79. The maximum Gasteiger partial charge on any atom is 0.313 e. The van der Waals surface area contributed by atoms with Crippen LogP contribution >= 0.6 is 11.8 Å². The van der Waals surface area contributed by atoms with Gasteiger partial charge in [0.25, 0.3) is 0 Å². The van der Waals surface area contributed by atoms with Crippen LogP contribution in [0.4, 0.5) is 0 Å². The van der Waals surface area contributed by atoms with Crippen molar-refractivity contribution in [1.29, 1.82) is 0 Å². The molecule has 1 N–H and O–H groups in total. The normalized spacial score (nSPS) is 11.1. The maximum atomic E-state index is 10.8. The number of pyridine rings is 1. The summed E-state index contributed by atoms with van der Waals surface area (Å²) in [6.07, 6.45) is 1.82. The third kappa shape index (κ3) is 2.62. The molecule has 0 radical (unpaired) electrons. The Balaban J connectivity index is 2.18. The molecule has 108 valence electrons. The van der Waals surface area contributed by atoms with Crippen molar-refractivity contribution in [2.75, 3.05) is 5.75 Å². The van der Waals surface area contributed by atoms with Gasteiger partial charge in [-0.2, -0.15) is 5.10 Å². The Bertz CT molecular complexity index is 823. The highest BCUT2D eigenvalue weighted by molar-refractivity contribution is 7.99. The molecule has 0 aliphatic rings. The van der Waals surface area contributed by atoms with Gasteiger partial charge in [-0.25, -0.2) is 9.97 Å². The molecule has 0 bridgehead atoms. The van der Waals surface area contributed by atoms with E-state index in [9.17, 15) is 4.79 Å². The van der Waals surface area contributed by atoms with Crippen LogP contribution in [-0.2, 0) is 11.8 Å². The Morgan fingerprint density at radius 3 is 2.81 bits per heavy atom. The number of thioether (sulfide) groups is 1. The topological polar surface area (TPSA) is 85.8 Å². The lowest BCUT2D eigenvalue weighted by atomic mass is 10.3. The van der Waals surface area contributed by atoms with Crippen molar-refractivity contribution in [2.24, 2.45) is 7.05 Å². The molecule has 0 aromatic carbocycles. The third-order valence-electron chi connectivity index (χ3n) is 2.87. The summed E-state index contributed by atoms with van der Waals surface area (Å²) in [6, 6.07) is 5.60. The van der Waals surface area contributed by atoms with Gasteiger partial charge >= 0.3 is 5.97 Å². The Kier molecular flexibility index (Phi) is 3.38. The Morgan fingerprint density at radius 1 is 1.33 bits per heavy atom. The quantitative estimate of drug-likeness (QED) is 0.737. The van der Waals surface area contributed by atoms with Crippen molar-refractivity contribution < 1.29 is 9.90 Å². The fourth-order valence-electron chi connectivity index (χ4n) is 1.98. The van der Waals surface area contributed by atoms with Gasteiger partial charge in [-0.1, -0.05) is 11.8 Å². The largest absolute Gasteiger partial charge is 0.481 e. The fraction of sp³-hybridized carbons (Fsp3) is 0.231. The Morgan fingerprint density at radius 2 is 2.14 bits per heavy atom. The number of hydrogen-bond donors (Lipinski definition) is 1. The molecule has 7 nitrogen and oxygen atoms in total. The van der Waals surface area contributed by atoms with Gasteiger partial charge in [0.05, 0.1) is 5.75 Å². The van der Waals surface area contributed by atoms with E-state index in [0.29, 0.717) is 16.6 Å². The number of aryl methyl sites for hydroxylation is 2. The number of fused-ring (bicyclic) bond motifs is 1. The number of rotatable bonds is 4. The first kappa shape index (κ1) is 13.6. The van der Waals surface area contributed by atoms with Crippen LogP contribution in [0.15, 0.2) is 29.6 Å². The van der Waals surface area contributed by atoms with Gasteiger partial charge in [0.1, 0.15) is 5.52 Å². The number of carboxylic acid groups (broad SMARTS) is 1. The fourth-order valence-corrected chi connectivity index (χ4v) is 2.71. The van der Waals surface area contributed by atoms with Gasteiger partial charge in [-0.15, -0.1) is 0 Å². The second kappa shape index (κ2) is 5.21. The van der Waals surface area contributed by atoms with Gasteiger partial charge in [0.15, 0.2) is 16.6 Å². The molecule has 0 spiro atoms. The molecule has 0 unspecified atom stereocenters. The molecule has 3 rings (SSSR count). The van der Waals surface area contributed by atoms with Crippen molar-refractivity contribution in [3.05, 3.63) is 30.1 Å². The molecular formula is C13H13N5O2S. The minimum Gasteiger partial charge on any atom is -0.481 e. The van der Waals surface area contributed by atoms with E-state index in [-0.39, 0.29) is 5.75 Å². The van der Waals surface area contributed by atoms with Crippen LogP contribution in [0.1, 0.15) is 5.69 Å². The summed E-state index contributed by atoms with van der Waals surface area (Å²) in [4.78, 5) is 19.8. The average Bonchev–Trinajstić information content (AvgIpc) is 2.99. The molecule has 3 aromatic rings. The van der Waals surface area contributed by atoms with Crippen LogP contribution in [0, 0.1) is 6.92 Å². The standard InChI is InChI=1S/C13H13N5O2S/c1-8-3-4-9-12(14-8)18(10-5-6-17(2)16-10)13(15-9)21-7-11(19)20/h3-6H,7H2,1-2H3,(H,19,20). The number of hydrogen-bond acceptors (Lipinski definition) is 5. The molecular weight excluding hydrogens is 290 g/mol. The molecule has 0 fully saturated rings. The van der Waals surface area contributed by atoms with Crippen molar-refractivity contribution in [2.45, 2.75) is 12.1 Å². The maximum absolute atomic E-state index is 10.8. The second-order valence-corrected chi connectivity index (χ2v) is 5.50. The van der Waals surface area contributed by atoms with Crippen molar-refractivity contribution in [3.63, 3.8) is 0 Å². The molecule has 21 heavy (non-hydrogen) atoms. The lowest BCUT2D eigenvalue weighted by Gasteiger charge is -2.04. The Hall–Kier alpha value is -2.35. The highest BCUT2D eigenvalue weighted by Gasteiger charge is 2.17. The molecule has 8 heteroatoms. The first-order valence-corrected chi connectivity index (χ1v) is 7.24. The summed E-state index contributed by atoms with van der Waals surface area (Å²) in [6.45, 7) is 1.90. The summed E-state index contributed by atoms with van der Waals surface area (Å²) in [7, 11) is 1.82. The minimum atomic E-state index is -0.885. The predicted octanol–water partition coefficient (Wildman–Crippen LogP) is 1.64. The summed E-state index contributed by atoms with van der Waals surface area (Å²) >= 11 is 1.15.